The van der Waals surface area contributed by atoms with E-state index >= 15 is 0 Å². The minimum Gasteiger partial charge on any atom is -0.469 e. The first-order valence-corrected chi connectivity index (χ1v) is 13.6. The van der Waals surface area contributed by atoms with Gasteiger partial charge in [-0.3, -0.25) is 19.2 Å². The number of hydrogen-bond acceptors (Lipinski definition) is 7. The van der Waals surface area contributed by atoms with Crippen molar-refractivity contribution < 1.29 is 33.4 Å². The van der Waals surface area contributed by atoms with E-state index in [9.17, 15) is 19.2 Å². The van der Waals surface area contributed by atoms with E-state index in [1.165, 1.54) is 21.0 Å². The average molecular weight is 503 g/mol. The first kappa shape index (κ1) is 26.9. The lowest BCUT2D eigenvalue weighted by atomic mass is 9.45. The van der Waals surface area contributed by atoms with E-state index in [1.807, 2.05) is 0 Å². The Morgan fingerprint density at radius 1 is 1.08 bits per heavy atom. The molecule has 0 aromatic carbocycles. The van der Waals surface area contributed by atoms with Gasteiger partial charge in [0.1, 0.15) is 17.6 Å². The van der Waals surface area contributed by atoms with Crippen molar-refractivity contribution in [1.82, 2.24) is 0 Å². The molecule has 0 amide bonds. The molecule has 200 valence electrons. The molecular formula is C29H42O7. The molecule has 9 atom stereocenters. The van der Waals surface area contributed by atoms with Crippen LogP contribution in [0.2, 0.25) is 0 Å². The number of methoxy groups -OCH3 is 1. The predicted molar refractivity (Wildman–Crippen MR) is 132 cm³/mol. The zero-order valence-electron chi connectivity index (χ0n) is 22.6. The van der Waals surface area contributed by atoms with Gasteiger partial charge in [-0.25, -0.2) is 0 Å². The SMILES string of the molecule is COC(=O)CC[C@@H](C)[C@@H]1CC[C@@H]2[C@@H]3C(OC(C)=O)=C[C@@H]4C[C@H](OC(C)=O)CC[C@]4(C)[C@@H]3CC(=O)[C@]21C. The number of carbonyl (C=O) groups is 4. The summed E-state index contributed by atoms with van der Waals surface area (Å²) in [5.41, 5.74) is -0.620. The summed E-state index contributed by atoms with van der Waals surface area (Å²) in [6, 6.07) is 0. The van der Waals surface area contributed by atoms with Crippen LogP contribution in [0, 0.1) is 46.3 Å². The highest BCUT2D eigenvalue weighted by Crippen LogP contribution is 2.67. The quantitative estimate of drug-likeness (QED) is 0.372. The Balaban J connectivity index is 1.67. The highest BCUT2D eigenvalue weighted by Gasteiger charge is 2.65. The fourth-order valence-electron chi connectivity index (χ4n) is 8.56. The Hall–Kier alpha value is -2.18. The van der Waals surface area contributed by atoms with E-state index in [4.69, 9.17) is 14.2 Å². The van der Waals surface area contributed by atoms with Crippen molar-refractivity contribution in [3.63, 3.8) is 0 Å². The number of ketones is 1. The Morgan fingerprint density at radius 2 is 1.81 bits per heavy atom. The van der Waals surface area contributed by atoms with Crippen LogP contribution >= 0.6 is 0 Å². The Kier molecular flexibility index (Phi) is 7.42. The summed E-state index contributed by atoms with van der Waals surface area (Å²) < 4.78 is 16.3. The van der Waals surface area contributed by atoms with E-state index in [-0.39, 0.29) is 64.9 Å². The highest BCUT2D eigenvalue weighted by molar-refractivity contribution is 5.87. The van der Waals surface area contributed by atoms with Gasteiger partial charge in [0.25, 0.3) is 0 Å². The van der Waals surface area contributed by atoms with E-state index < -0.39 is 5.41 Å². The number of rotatable bonds is 6. The van der Waals surface area contributed by atoms with Crippen LogP contribution in [-0.2, 0) is 33.4 Å². The molecule has 0 heterocycles. The maximum Gasteiger partial charge on any atom is 0.307 e. The Morgan fingerprint density at radius 3 is 2.44 bits per heavy atom. The summed E-state index contributed by atoms with van der Waals surface area (Å²) in [7, 11) is 1.41. The van der Waals surface area contributed by atoms with E-state index in [0.717, 1.165) is 25.7 Å². The van der Waals surface area contributed by atoms with Crippen LogP contribution in [0.15, 0.2) is 11.8 Å². The lowest BCUT2D eigenvalue weighted by molar-refractivity contribution is -0.160. The van der Waals surface area contributed by atoms with Crippen LogP contribution in [0.5, 0.6) is 0 Å². The highest BCUT2D eigenvalue weighted by atomic mass is 16.5. The molecule has 0 spiro atoms. The minimum absolute atomic E-state index is 0.0148. The van der Waals surface area contributed by atoms with Crippen LogP contribution in [0.3, 0.4) is 0 Å². The second-order valence-electron chi connectivity index (χ2n) is 12.2. The van der Waals surface area contributed by atoms with Crippen molar-refractivity contribution in [1.29, 1.82) is 0 Å². The van der Waals surface area contributed by atoms with Crippen molar-refractivity contribution in [3.05, 3.63) is 11.8 Å². The molecule has 0 bridgehead atoms. The van der Waals surface area contributed by atoms with Crippen LogP contribution in [0.25, 0.3) is 0 Å². The molecule has 7 nitrogen and oxygen atoms in total. The van der Waals surface area contributed by atoms with Gasteiger partial charge in [0.15, 0.2) is 0 Å². The second-order valence-corrected chi connectivity index (χ2v) is 12.2. The number of allylic oxidation sites excluding steroid dienone is 2. The van der Waals surface area contributed by atoms with Gasteiger partial charge in [-0.15, -0.1) is 0 Å². The van der Waals surface area contributed by atoms with Crippen molar-refractivity contribution >= 4 is 23.7 Å². The number of ether oxygens (including phenoxy) is 3. The van der Waals surface area contributed by atoms with Gasteiger partial charge in [-0.2, -0.15) is 0 Å². The van der Waals surface area contributed by atoms with Gasteiger partial charge in [0.05, 0.1) is 7.11 Å². The van der Waals surface area contributed by atoms with Gasteiger partial charge in [0, 0.05) is 38.0 Å². The van der Waals surface area contributed by atoms with Gasteiger partial charge in [-0.05, 0) is 79.6 Å². The summed E-state index contributed by atoms with van der Waals surface area (Å²) in [4.78, 5) is 49.6. The fourth-order valence-corrected chi connectivity index (χ4v) is 8.56. The normalized spacial score (nSPS) is 40.2. The average Bonchev–Trinajstić information content (AvgIpc) is 3.16. The van der Waals surface area contributed by atoms with E-state index in [0.29, 0.717) is 37.2 Å². The fraction of sp³-hybridized carbons (Fsp3) is 0.793. The summed E-state index contributed by atoms with van der Waals surface area (Å²) in [6.45, 7) is 9.43. The van der Waals surface area contributed by atoms with Crippen molar-refractivity contribution in [2.75, 3.05) is 7.11 Å². The molecule has 36 heavy (non-hydrogen) atoms. The Labute approximate surface area is 214 Å². The number of esters is 3. The molecule has 4 rings (SSSR count). The number of Topliss-reactive ketones (excluding diaryl/α,β-unsaturated/α-hetero) is 1. The molecule has 0 aromatic rings. The number of carbonyl (C=O) groups excluding carboxylic acids is 4. The summed E-state index contributed by atoms with van der Waals surface area (Å²) in [6.07, 6.45) is 7.70. The largest absolute Gasteiger partial charge is 0.469 e. The van der Waals surface area contributed by atoms with Crippen LogP contribution in [0.1, 0.15) is 86.0 Å². The third-order valence-electron chi connectivity index (χ3n) is 10.4. The maximum atomic E-state index is 14.0. The van der Waals surface area contributed by atoms with Crippen molar-refractivity contribution in [2.24, 2.45) is 46.3 Å². The molecule has 4 aliphatic carbocycles. The van der Waals surface area contributed by atoms with Crippen LogP contribution < -0.4 is 0 Å². The first-order chi connectivity index (χ1) is 16.9. The lowest BCUT2D eigenvalue weighted by Crippen LogP contribution is -2.57. The third kappa shape index (κ3) is 4.51. The van der Waals surface area contributed by atoms with Crippen LogP contribution in [-0.4, -0.2) is 36.9 Å². The van der Waals surface area contributed by atoms with Gasteiger partial charge in [0.2, 0.25) is 0 Å². The summed E-state index contributed by atoms with van der Waals surface area (Å²) in [5.74, 6) is 0.888. The van der Waals surface area contributed by atoms with Gasteiger partial charge < -0.3 is 14.2 Å². The molecule has 0 saturated heterocycles. The molecule has 0 aromatic heterocycles. The second kappa shape index (κ2) is 9.94. The number of fused-ring (bicyclic) bond motifs is 5. The molecule has 0 radical (unpaired) electrons. The number of hydrogen-bond donors (Lipinski definition) is 0. The molecule has 0 aliphatic heterocycles. The molecule has 7 heteroatoms. The van der Waals surface area contributed by atoms with Crippen LogP contribution in [0.4, 0.5) is 0 Å². The van der Waals surface area contributed by atoms with Crippen molar-refractivity contribution in [2.45, 2.75) is 92.1 Å². The molecule has 0 unspecified atom stereocenters. The molecule has 3 saturated carbocycles. The topological polar surface area (TPSA) is 96.0 Å². The summed E-state index contributed by atoms with van der Waals surface area (Å²) in [5, 5.41) is 0. The third-order valence-corrected chi connectivity index (χ3v) is 10.4. The van der Waals surface area contributed by atoms with E-state index in [1.54, 1.807) is 0 Å². The smallest absolute Gasteiger partial charge is 0.307 e. The van der Waals surface area contributed by atoms with E-state index in [2.05, 4.69) is 26.8 Å². The Bertz CT molecular complexity index is 953. The van der Waals surface area contributed by atoms with Gasteiger partial charge >= 0.3 is 17.9 Å². The standard InChI is InChI=1S/C29H42O7/c1-16(7-10-26(33)34-6)21-8-9-22-27-23(15-25(32)29(21,22)5)28(4)12-11-20(35-17(2)30)13-19(28)14-24(27)36-18(3)31/h14,16,19-23,27H,7-13,15H2,1-6H3/t16-,19+,20-,21+,22-,23-,27+,28+,29+/m1/s1. The molecule has 4 aliphatic rings. The van der Waals surface area contributed by atoms with Crippen molar-refractivity contribution in [3.8, 4) is 0 Å². The maximum absolute atomic E-state index is 14.0. The lowest BCUT2D eigenvalue weighted by Gasteiger charge is -2.59. The zero-order chi connectivity index (χ0) is 26.4. The monoisotopic (exact) mass is 502 g/mol. The first-order valence-electron chi connectivity index (χ1n) is 13.6. The predicted octanol–water partition coefficient (Wildman–Crippen LogP) is 5.01. The summed E-state index contributed by atoms with van der Waals surface area (Å²) >= 11 is 0. The van der Waals surface area contributed by atoms with Gasteiger partial charge in [-0.1, -0.05) is 20.8 Å². The molecule has 3 fully saturated rings. The zero-order valence-corrected chi connectivity index (χ0v) is 22.6. The molecule has 0 N–H and O–H groups in total. The minimum atomic E-state index is -0.506. The molecular weight excluding hydrogens is 460 g/mol.